The second-order valence-electron chi connectivity index (χ2n) is 5.85. The van der Waals surface area contributed by atoms with Crippen LogP contribution in [-0.2, 0) is 14.4 Å². The maximum atomic E-state index is 11.8. The highest BCUT2D eigenvalue weighted by Gasteiger charge is 2.51. The summed E-state index contributed by atoms with van der Waals surface area (Å²) in [6.07, 6.45) is 0.899. The highest BCUT2D eigenvalue weighted by Crippen LogP contribution is 2.35. The van der Waals surface area contributed by atoms with Gasteiger partial charge in [-0.15, -0.1) is 0 Å². The number of hydrogen-bond acceptors (Lipinski definition) is 3. The quantitative estimate of drug-likeness (QED) is 0.753. The minimum Gasteiger partial charge on any atom is -0.480 e. The molecule has 2 N–H and O–H groups in total. The molecule has 0 heterocycles. The minimum atomic E-state index is -1.09. The van der Waals surface area contributed by atoms with Gasteiger partial charge in [-0.25, -0.2) is 4.79 Å². The summed E-state index contributed by atoms with van der Waals surface area (Å²) in [6.45, 7) is 5.18. The molecule has 1 aliphatic rings. The van der Waals surface area contributed by atoms with Crippen LogP contribution in [0.3, 0.4) is 0 Å². The van der Waals surface area contributed by atoms with E-state index < -0.39 is 22.8 Å². The van der Waals surface area contributed by atoms with Gasteiger partial charge in [0.2, 0.25) is 11.8 Å². The lowest BCUT2D eigenvalue weighted by molar-refractivity contribution is -0.144. The predicted octanol–water partition coefficient (Wildman–Crippen LogP) is 0.224. The van der Waals surface area contributed by atoms with Crippen molar-refractivity contribution in [3.8, 4) is 0 Å². The molecular formula is C12H20N2O4. The molecule has 2 amide bonds. The molecule has 0 aliphatic heterocycles. The minimum absolute atomic E-state index is 0.120. The van der Waals surface area contributed by atoms with Crippen molar-refractivity contribution in [1.82, 2.24) is 10.2 Å². The summed E-state index contributed by atoms with van der Waals surface area (Å²) in [4.78, 5) is 35.7. The Kier molecular flexibility index (Phi) is 3.69. The average molecular weight is 256 g/mol. The van der Waals surface area contributed by atoms with Gasteiger partial charge in [0.15, 0.2) is 0 Å². The number of carbonyl (C=O) groups excluding carboxylic acids is 2. The first-order chi connectivity index (χ1) is 8.08. The van der Waals surface area contributed by atoms with E-state index in [1.54, 1.807) is 20.8 Å². The van der Waals surface area contributed by atoms with E-state index in [4.69, 9.17) is 5.11 Å². The first-order valence-corrected chi connectivity index (χ1v) is 5.88. The van der Waals surface area contributed by atoms with Gasteiger partial charge >= 0.3 is 5.97 Å². The molecule has 0 saturated heterocycles. The molecule has 0 spiro atoms. The predicted molar refractivity (Wildman–Crippen MR) is 64.8 cm³/mol. The van der Waals surface area contributed by atoms with E-state index in [1.807, 2.05) is 0 Å². The van der Waals surface area contributed by atoms with Crippen LogP contribution in [0.2, 0.25) is 0 Å². The van der Waals surface area contributed by atoms with Crippen LogP contribution in [0.5, 0.6) is 0 Å². The molecule has 0 aromatic heterocycles. The number of amides is 2. The third kappa shape index (κ3) is 3.21. The fraction of sp³-hybridized carbons (Fsp3) is 0.750. The smallest absolute Gasteiger partial charge is 0.329 e. The van der Waals surface area contributed by atoms with E-state index >= 15 is 0 Å². The second-order valence-corrected chi connectivity index (χ2v) is 5.85. The third-order valence-electron chi connectivity index (χ3n) is 2.91. The van der Waals surface area contributed by atoms with Gasteiger partial charge in [-0.2, -0.15) is 0 Å². The van der Waals surface area contributed by atoms with E-state index in [0.29, 0.717) is 12.8 Å². The molecule has 6 nitrogen and oxygen atoms in total. The molecule has 0 atom stereocenters. The molecule has 0 unspecified atom stereocenters. The highest BCUT2D eigenvalue weighted by molar-refractivity contribution is 5.92. The van der Waals surface area contributed by atoms with Crippen molar-refractivity contribution in [3.63, 3.8) is 0 Å². The van der Waals surface area contributed by atoms with Gasteiger partial charge < -0.3 is 15.3 Å². The van der Waals surface area contributed by atoms with Crippen molar-refractivity contribution in [3.05, 3.63) is 0 Å². The van der Waals surface area contributed by atoms with Crippen LogP contribution in [0.4, 0.5) is 0 Å². The molecule has 0 radical (unpaired) electrons. The zero-order valence-corrected chi connectivity index (χ0v) is 11.2. The number of nitrogens with zero attached hydrogens (tertiary/aromatic N) is 1. The van der Waals surface area contributed by atoms with Crippen LogP contribution < -0.4 is 5.32 Å². The van der Waals surface area contributed by atoms with Gasteiger partial charge in [0, 0.05) is 12.5 Å². The summed E-state index contributed by atoms with van der Waals surface area (Å²) in [5.41, 5.74) is -1.65. The lowest BCUT2D eigenvalue weighted by Gasteiger charge is -2.26. The molecule has 0 aromatic carbocycles. The second kappa shape index (κ2) is 4.59. The first kappa shape index (κ1) is 14.5. The molecule has 0 bridgehead atoms. The Balaban J connectivity index is 2.51. The van der Waals surface area contributed by atoms with Crippen molar-refractivity contribution in [1.29, 1.82) is 0 Å². The van der Waals surface area contributed by atoms with Crippen molar-refractivity contribution < 1.29 is 19.5 Å². The number of carboxylic acids is 1. The first-order valence-electron chi connectivity index (χ1n) is 5.88. The lowest BCUT2D eigenvalue weighted by atomic mass is 9.95. The zero-order chi connectivity index (χ0) is 14.1. The summed E-state index contributed by atoms with van der Waals surface area (Å²) >= 11 is 0. The number of hydrogen-bond donors (Lipinski definition) is 2. The van der Waals surface area contributed by atoms with Gasteiger partial charge in [-0.05, 0) is 12.8 Å². The van der Waals surface area contributed by atoms with Crippen LogP contribution in [0.1, 0.15) is 33.6 Å². The zero-order valence-electron chi connectivity index (χ0n) is 11.2. The van der Waals surface area contributed by atoms with Crippen LogP contribution in [-0.4, -0.2) is 46.9 Å². The highest BCUT2D eigenvalue weighted by atomic mass is 16.4. The lowest BCUT2D eigenvalue weighted by Crippen LogP contribution is -2.49. The summed E-state index contributed by atoms with van der Waals surface area (Å²) < 4.78 is 0. The number of nitrogens with one attached hydrogen (secondary N) is 1. The number of carboxylic acid groups (broad SMARTS) is 1. The van der Waals surface area contributed by atoms with E-state index in [-0.39, 0.29) is 12.5 Å². The fourth-order valence-electron chi connectivity index (χ4n) is 1.68. The van der Waals surface area contributed by atoms with Crippen molar-refractivity contribution in [2.24, 2.45) is 5.41 Å². The monoisotopic (exact) mass is 256 g/mol. The summed E-state index contributed by atoms with van der Waals surface area (Å²) in [6, 6.07) is 0. The van der Waals surface area contributed by atoms with Gasteiger partial charge in [0.25, 0.3) is 0 Å². The summed E-state index contributed by atoms with van der Waals surface area (Å²) in [5.74, 6) is -1.60. The topological polar surface area (TPSA) is 86.7 Å². The van der Waals surface area contributed by atoms with Gasteiger partial charge in [-0.1, -0.05) is 20.8 Å². The molecule has 102 valence electrons. The van der Waals surface area contributed by atoms with Gasteiger partial charge in [-0.3, -0.25) is 9.59 Å². The summed E-state index contributed by atoms with van der Waals surface area (Å²) in [5, 5.41) is 11.4. The Hall–Kier alpha value is -1.59. The molecule has 1 saturated carbocycles. The van der Waals surface area contributed by atoms with E-state index in [0.717, 1.165) is 0 Å². The number of rotatable bonds is 4. The van der Waals surface area contributed by atoms with E-state index in [1.165, 1.54) is 11.9 Å². The Morgan fingerprint density at radius 1 is 1.28 bits per heavy atom. The number of likely N-dealkylation sites (N-methyl/N-ethyl adjacent to an activating group) is 1. The standard InChI is InChI=1S/C12H20N2O4/c1-11(2,3)9(16)14(4)7-8(15)13-12(5-6-12)10(17)18/h5-7H2,1-4H3,(H,13,15)(H,17,18). The Bertz CT molecular complexity index is 380. The van der Waals surface area contributed by atoms with Crippen molar-refractivity contribution in [2.75, 3.05) is 13.6 Å². The SMILES string of the molecule is CN(CC(=O)NC1(C(=O)O)CC1)C(=O)C(C)(C)C. The maximum Gasteiger partial charge on any atom is 0.329 e. The van der Waals surface area contributed by atoms with Crippen LogP contribution in [0.15, 0.2) is 0 Å². The summed E-state index contributed by atoms with van der Waals surface area (Å²) in [7, 11) is 1.54. The van der Waals surface area contributed by atoms with Crippen molar-refractivity contribution in [2.45, 2.75) is 39.2 Å². The average Bonchev–Trinajstić information content (AvgIpc) is 2.95. The van der Waals surface area contributed by atoms with E-state index in [9.17, 15) is 14.4 Å². The third-order valence-corrected chi connectivity index (χ3v) is 2.91. The molecule has 1 rings (SSSR count). The van der Waals surface area contributed by atoms with Gasteiger partial charge in [0.05, 0.1) is 6.54 Å². The molecule has 1 fully saturated rings. The molecule has 1 aliphatic carbocycles. The largest absolute Gasteiger partial charge is 0.480 e. The number of carbonyl (C=O) groups is 3. The normalized spacial score (nSPS) is 16.9. The number of aliphatic carboxylic acids is 1. The van der Waals surface area contributed by atoms with E-state index in [2.05, 4.69) is 5.32 Å². The molecular weight excluding hydrogens is 236 g/mol. The fourth-order valence-corrected chi connectivity index (χ4v) is 1.68. The molecule has 6 heteroatoms. The molecule has 0 aromatic rings. The molecule has 18 heavy (non-hydrogen) atoms. The van der Waals surface area contributed by atoms with Gasteiger partial charge in [0.1, 0.15) is 5.54 Å². The van der Waals surface area contributed by atoms with Crippen LogP contribution in [0.25, 0.3) is 0 Å². The Labute approximate surface area is 106 Å². The van der Waals surface area contributed by atoms with Crippen LogP contribution in [0, 0.1) is 5.41 Å². The van der Waals surface area contributed by atoms with Crippen LogP contribution >= 0.6 is 0 Å². The Morgan fingerprint density at radius 2 is 1.78 bits per heavy atom. The van der Waals surface area contributed by atoms with Crippen molar-refractivity contribution >= 4 is 17.8 Å². The Morgan fingerprint density at radius 3 is 2.11 bits per heavy atom. The maximum absolute atomic E-state index is 11.8.